The van der Waals surface area contributed by atoms with Crippen molar-refractivity contribution < 1.29 is 14.3 Å². The molecule has 1 unspecified atom stereocenters. The first-order valence-corrected chi connectivity index (χ1v) is 10.1. The molecule has 1 aromatic heterocycles. The van der Waals surface area contributed by atoms with Crippen molar-refractivity contribution >= 4 is 53.1 Å². The number of ether oxygens (including phenoxy) is 1. The molecule has 8 nitrogen and oxygen atoms in total. The van der Waals surface area contributed by atoms with E-state index < -0.39 is 0 Å². The van der Waals surface area contributed by atoms with Gasteiger partial charge in [-0.05, 0) is 41.5 Å². The van der Waals surface area contributed by atoms with Gasteiger partial charge in [0, 0.05) is 19.0 Å². The minimum atomic E-state index is -0.345. The molecule has 0 saturated heterocycles. The van der Waals surface area contributed by atoms with Crippen LogP contribution in [-0.4, -0.2) is 48.6 Å². The second-order valence-corrected chi connectivity index (χ2v) is 7.32. The van der Waals surface area contributed by atoms with E-state index in [2.05, 4.69) is 25.9 Å². The van der Waals surface area contributed by atoms with Crippen LogP contribution in [-0.2, 0) is 9.53 Å². The lowest BCUT2D eigenvalue weighted by molar-refractivity contribution is -0.121. The highest BCUT2D eigenvalue weighted by Gasteiger charge is 2.20. The Morgan fingerprint density at radius 1 is 1.21 bits per heavy atom. The first kappa shape index (κ1) is 26.6. The second-order valence-electron chi connectivity index (χ2n) is 6.29. The Balaban J connectivity index is 0.00000729. The van der Waals surface area contributed by atoms with E-state index in [1.165, 1.54) is 11.3 Å². The quantitative estimate of drug-likeness (QED) is 0.198. The number of amides is 1. The maximum Gasteiger partial charge on any atom is 0.350 e. The van der Waals surface area contributed by atoms with Gasteiger partial charge in [0.1, 0.15) is 9.88 Å². The molecule has 0 spiro atoms. The molecule has 0 radical (unpaired) electrons. The van der Waals surface area contributed by atoms with Crippen molar-refractivity contribution in [2.75, 3.05) is 19.7 Å². The topological polar surface area (TPSA) is 105 Å². The van der Waals surface area contributed by atoms with E-state index in [-0.39, 0.29) is 47.9 Å². The number of esters is 1. The summed E-state index contributed by atoms with van der Waals surface area (Å²) in [7, 11) is 0. The molecule has 0 fully saturated rings. The Morgan fingerprint density at radius 2 is 1.89 bits per heavy atom. The van der Waals surface area contributed by atoms with Crippen LogP contribution in [0.15, 0.2) is 4.99 Å². The van der Waals surface area contributed by atoms with Crippen molar-refractivity contribution in [3.63, 3.8) is 0 Å². The van der Waals surface area contributed by atoms with E-state index in [0.29, 0.717) is 42.6 Å². The van der Waals surface area contributed by atoms with Crippen LogP contribution in [0.3, 0.4) is 0 Å². The molecule has 1 aromatic rings. The lowest BCUT2D eigenvalue weighted by Gasteiger charge is -2.16. The summed E-state index contributed by atoms with van der Waals surface area (Å²) in [5, 5.41) is 10.0. The Kier molecular flexibility index (Phi) is 13.0. The number of nitrogens with zero attached hydrogens (tertiary/aromatic N) is 2. The van der Waals surface area contributed by atoms with Gasteiger partial charge in [0.05, 0.1) is 24.9 Å². The zero-order valence-corrected chi connectivity index (χ0v) is 20.6. The number of carbonyl (C=O) groups excluding carboxylic acids is 2. The van der Waals surface area contributed by atoms with Gasteiger partial charge in [-0.25, -0.2) is 9.78 Å². The molecule has 0 saturated carbocycles. The van der Waals surface area contributed by atoms with Crippen LogP contribution in [0, 0.1) is 6.92 Å². The molecule has 28 heavy (non-hydrogen) atoms. The zero-order chi connectivity index (χ0) is 20.4. The molecule has 3 N–H and O–H groups in total. The van der Waals surface area contributed by atoms with Gasteiger partial charge in [0.15, 0.2) is 5.96 Å². The molecule has 0 aliphatic rings. The summed E-state index contributed by atoms with van der Waals surface area (Å²) >= 11 is 1.32. The number of hydrogen-bond acceptors (Lipinski definition) is 6. The van der Waals surface area contributed by atoms with Crippen LogP contribution in [0.5, 0.6) is 0 Å². The maximum absolute atomic E-state index is 12.0. The summed E-state index contributed by atoms with van der Waals surface area (Å²) in [6.07, 6.45) is 0.326. The number of hydrogen-bond donors (Lipinski definition) is 3. The van der Waals surface area contributed by atoms with Crippen molar-refractivity contribution in [1.29, 1.82) is 0 Å². The van der Waals surface area contributed by atoms with E-state index in [1.54, 1.807) is 13.8 Å². The Morgan fingerprint density at radius 3 is 2.46 bits per heavy atom. The predicted octanol–water partition coefficient (Wildman–Crippen LogP) is 2.78. The highest BCUT2D eigenvalue weighted by molar-refractivity contribution is 14.0. The van der Waals surface area contributed by atoms with Crippen molar-refractivity contribution in [3.8, 4) is 0 Å². The number of aliphatic imine (C=N–C) groups is 1. The van der Waals surface area contributed by atoms with Crippen LogP contribution in [0.4, 0.5) is 0 Å². The molecule has 0 bridgehead atoms. The molecule has 1 heterocycles. The molecule has 0 aliphatic carbocycles. The highest BCUT2D eigenvalue weighted by Crippen LogP contribution is 2.24. The van der Waals surface area contributed by atoms with E-state index in [9.17, 15) is 9.59 Å². The monoisotopic (exact) mass is 525 g/mol. The van der Waals surface area contributed by atoms with Gasteiger partial charge < -0.3 is 20.7 Å². The van der Waals surface area contributed by atoms with Gasteiger partial charge in [-0.3, -0.25) is 9.79 Å². The van der Waals surface area contributed by atoms with Crippen molar-refractivity contribution in [3.05, 3.63) is 15.6 Å². The molecule has 1 rings (SSSR count). The summed E-state index contributed by atoms with van der Waals surface area (Å²) in [5.74, 6) is 0.239. The smallest absolute Gasteiger partial charge is 0.350 e. The van der Waals surface area contributed by atoms with Crippen molar-refractivity contribution in [2.24, 2.45) is 4.99 Å². The van der Waals surface area contributed by atoms with E-state index in [4.69, 9.17) is 4.74 Å². The van der Waals surface area contributed by atoms with Crippen LogP contribution in [0.2, 0.25) is 0 Å². The fraction of sp³-hybridized carbons (Fsp3) is 0.667. The van der Waals surface area contributed by atoms with Gasteiger partial charge in [-0.2, -0.15) is 0 Å². The minimum absolute atomic E-state index is 0. The third-order valence-electron chi connectivity index (χ3n) is 3.40. The van der Waals surface area contributed by atoms with Gasteiger partial charge in [-0.1, -0.05) is 0 Å². The van der Waals surface area contributed by atoms with Gasteiger partial charge >= 0.3 is 5.97 Å². The van der Waals surface area contributed by atoms with Crippen molar-refractivity contribution in [1.82, 2.24) is 20.9 Å². The third kappa shape index (κ3) is 9.18. The molecular weight excluding hydrogens is 493 g/mol. The van der Waals surface area contributed by atoms with E-state index in [0.717, 1.165) is 5.01 Å². The number of guanidine groups is 1. The fourth-order valence-electron chi connectivity index (χ4n) is 2.24. The number of rotatable bonds is 9. The van der Waals surface area contributed by atoms with Crippen LogP contribution >= 0.6 is 35.3 Å². The first-order chi connectivity index (χ1) is 12.8. The summed E-state index contributed by atoms with van der Waals surface area (Å²) in [5.41, 5.74) is 0.661. The number of thiazole rings is 1. The van der Waals surface area contributed by atoms with Gasteiger partial charge in [0.2, 0.25) is 5.91 Å². The first-order valence-electron chi connectivity index (χ1n) is 9.27. The standard InChI is InChI=1S/C18H31N5O3S.HI/c1-7-19-18(20-10-9-14(24)21-11(3)4)23-13(6)16-22-12(5)15(27-16)17(25)26-8-2;/h11,13H,7-10H2,1-6H3,(H,21,24)(H2,19,20,23);1H. The fourth-order valence-corrected chi connectivity index (χ4v) is 3.20. The lowest BCUT2D eigenvalue weighted by Crippen LogP contribution is -2.39. The number of aryl methyl sites for hydroxylation is 1. The molecule has 1 amide bonds. The molecule has 160 valence electrons. The SMILES string of the molecule is CCNC(=NCCC(=O)NC(C)C)NC(C)c1nc(C)c(C(=O)OCC)s1.I. The summed E-state index contributed by atoms with van der Waals surface area (Å²) < 4.78 is 5.06. The Hall–Kier alpha value is -1.43. The van der Waals surface area contributed by atoms with Crippen LogP contribution < -0.4 is 16.0 Å². The maximum atomic E-state index is 12.0. The van der Waals surface area contributed by atoms with Crippen LogP contribution in [0.1, 0.15) is 67.5 Å². The highest BCUT2D eigenvalue weighted by atomic mass is 127. The average Bonchev–Trinajstić information content (AvgIpc) is 2.96. The average molecular weight is 525 g/mol. The van der Waals surface area contributed by atoms with Gasteiger partial charge in [-0.15, -0.1) is 35.3 Å². The lowest BCUT2D eigenvalue weighted by atomic mass is 10.3. The molecule has 1 atom stereocenters. The summed E-state index contributed by atoms with van der Waals surface area (Å²) in [6.45, 7) is 12.8. The molecular formula is C18H32IN5O3S. The summed E-state index contributed by atoms with van der Waals surface area (Å²) in [4.78, 5) is 33.1. The van der Waals surface area contributed by atoms with E-state index in [1.807, 2.05) is 27.7 Å². The number of nitrogens with one attached hydrogen (secondary N) is 3. The third-order valence-corrected chi connectivity index (χ3v) is 4.72. The largest absolute Gasteiger partial charge is 0.462 e. The molecule has 10 heteroatoms. The zero-order valence-electron chi connectivity index (χ0n) is 17.4. The normalized spacial score (nSPS) is 12.2. The minimum Gasteiger partial charge on any atom is -0.462 e. The summed E-state index contributed by atoms with van der Waals surface area (Å²) in [6, 6.07) is -0.0197. The predicted molar refractivity (Wildman–Crippen MR) is 124 cm³/mol. The number of aromatic nitrogens is 1. The molecule has 0 aromatic carbocycles. The van der Waals surface area contributed by atoms with Crippen LogP contribution in [0.25, 0.3) is 0 Å². The molecule has 0 aliphatic heterocycles. The Bertz CT molecular complexity index is 664. The van der Waals surface area contributed by atoms with Gasteiger partial charge in [0.25, 0.3) is 0 Å². The Labute approximate surface area is 188 Å². The second kappa shape index (κ2) is 13.7. The number of halogens is 1. The number of carbonyl (C=O) groups is 2. The van der Waals surface area contributed by atoms with Crippen molar-refractivity contribution in [2.45, 2.75) is 60.0 Å². The van der Waals surface area contributed by atoms with E-state index >= 15 is 0 Å².